The molecule has 25 heavy (non-hydrogen) atoms. The third-order valence-corrected chi connectivity index (χ3v) is 4.60. The molecule has 0 amide bonds. The Morgan fingerprint density at radius 3 is 1.36 bits per heavy atom. The molecule has 2 aromatic heterocycles. The lowest BCUT2D eigenvalue weighted by Gasteiger charge is -2.12. The van der Waals surface area contributed by atoms with Gasteiger partial charge in [0.25, 0.3) is 0 Å². The number of benzene rings is 2. The molecule has 2 nitrogen and oxygen atoms in total. The fourth-order valence-corrected chi connectivity index (χ4v) is 3.27. The molecule has 0 N–H and O–H groups in total. The van der Waals surface area contributed by atoms with E-state index < -0.39 is 0 Å². The van der Waals surface area contributed by atoms with Crippen molar-refractivity contribution in [1.82, 2.24) is 9.13 Å². The lowest BCUT2D eigenvalue weighted by atomic mass is 10.2. The van der Waals surface area contributed by atoms with Crippen LogP contribution in [-0.4, -0.2) is 9.13 Å². The highest BCUT2D eigenvalue weighted by Gasteiger charge is 2.07. The summed E-state index contributed by atoms with van der Waals surface area (Å²) in [5.41, 5.74) is 5.35. The van der Waals surface area contributed by atoms with Crippen molar-refractivity contribution in [3.05, 3.63) is 120 Å². The minimum Gasteiger partial charge on any atom is -0.347 e. The maximum absolute atomic E-state index is 2.34. The van der Waals surface area contributed by atoms with Crippen LogP contribution in [-0.2, 0) is 19.5 Å². The van der Waals surface area contributed by atoms with Crippen LogP contribution < -0.4 is 0 Å². The normalized spacial score (nSPS) is 10.9. The average Bonchev–Trinajstić information content (AvgIpc) is 3.27. The molecule has 0 unspecified atom stereocenters. The second kappa shape index (κ2) is 7.27. The Hall–Kier alpha value is -3.00. The lowest BCUT2D eigenvalue weighted by Crippen LogP contribution is -2.08. The molecule has 0 spiro atoms. The molecule has 124 valence electrons. The highest BCUT2D eigenvalue weighted by molar-refractivity contribution is 5.23. The van der Waals surface area contributed by atoms with Gasteiger partial charge in [-0.25, -0.2) is 0 Å². The van der Waals surface area contributed by atoms with E-state index in [1.165, 1.54) is 22.5 Å². The zero-order chi connectivity index (χ0) is 16.9. The minimum atomic E-state index is 0.919. The summed E-state index contributed by atoms with van der Waals surface area (Å²) >= 11 is 0. The van der Waals surface area contributed by atoms with E-state index in [4.69, 9.17) is 0 Å². The molecule has 0 radical (unpaired) electrons. The molecule has 0 saturated heterocycles. The van der Waals surface area contributed by atoms with Crippen molar-refractivity contribution in [1.29, 1.82) is 0 Å². The Morgan fingerprint density at radius 1 is 0.480 bits per heavy atom. The van der Waals surface area contributed by atoms with Gasteiger partial charge in [0.15, 0.2) is 0 Å². The fourth-order valence-electron chi connectivity index (χ4n) is 3.27. The van der Waals surface area contributed by atoms with E-state index in [2.05, 4.69) is 106 Å². The van der Waals surface area contributed by atoms with Gasteiger partial charge in [-0.1, -0.05) is 60.7 Å². The monoisotopic (exact) mass is 326 g/mol. The number of nitrogens with zero attached hydrogens (tertiary/aromatic N) is 2. The zero-order valence-corrected chi connectivity index (χ0v) is 14.3. The van der Waals surface area contributed by atoms with Gasteiger partial charge in [-0.15, -0.1) is 0 Å². The second-order valence-corrected chi connectivity index (χ2v) is 6.40. The maximum atomic E-state index is 2.34. The van der Waals surface area contributed by atoms with Gasteiger partial charge in [-0.2, -0.15) is 0 Å². The molecule has 0 saturated carbocycles. The molecule has 0 fully saturated rings. The first-order chi connectivity index (χ1) is 12.4. The molecule has 0 aliphatic rings. The van der Waals surface area contributed by atoms with Gasteiger partial charge >= 0.3 is 0 Å². The molecule has 2 heterocycles. The highest BCUT2D eigenvalue weighted by Crippen LogP contribution is 2.15. The van der Waals surface area contributed by atoms with Crippen LogP contribution in [0.5, 0.6) is 0 Å². The van der Waals surface area contributed by atoms with Crippen molar-refractivity contribution >= 4 is 0 Å². The van der Waals surface area contributed by atoms with E-state index in [0.717, 1.165) is 19.5 Å². The fraction of sp³-hybridized carbons (Fsp3) is 0.130. The van der Waals surface area contributed by atoms with Gasteiger partial charge in [-0.05, 0) is 35.4 Å². The number of rotatable bonds is 6. The number of hydrogen-bond donors (Lipinski definition) is 0. The Balaban J connectivity index is 1.52. The van der Waals surface area contributed by atoms with Crippen LogP contribution in [0.2, 0.25) is 0 Å². The SMILES string of the molecule is c1ccc(Cn2cccc2Cc2cccn2Cc2ccccc2)cc1. The summed E-state index contributed by atoms with van der Waals surface area (Å²) in [5, 5.41) is 0. The molecule has 2 heteroatoms. The van der Waals surface area contributed by atoms with Crippen molar-refractivity contribution < 1.29 is 0 Å². The molecule has 0 atom stereocenters. The Morgan fingerprint density at radius 2 is 0.920 bits per heavy atom. The summed E-state index contributed by atoms with van der Waals surface area (Å²) in [6, 6.07) is 30.0. The summed E-state index contributed by atoms with van der Waals surface area (Å²) in [6.07, 6.45) is 5.29. The van der Waals surface area contributed by atoms with E-state index in [0.29, 0.717) is 0 Å². The van der Waals surface area contributed by atoms with Gasteiger partial charge in [0.1, 0.15) is 0 Å². The van der Waals surface area contributed by atoms with Crippen molar-refractivity contribution in [3.63, 3.8) is 0 Å². The molecule has 4 rings (SSSR count). The van der Waals surface area contributed by atoms with Crippen LogP contribution in [0.1, 0.15) is 22.5 Å². The van der Waals surface area contributed by atoms with E-state index in [9.17, 15) is 0 Å². The molecular weight excluding hydrogens is 304 g/mol. The van der Waals surface area contributed by atoms with E-state index in [1.54, 1.807) is 0 Å². The van der Waals surface area contributed by atoms with Crippen LogP contribution in [0.25, 0.3) is 0 Å². The van der Waals surface area contributed by atoms with E-state index in [-0.39, 0.29) is 0 Å². The molecule has 0 aliphatic heterocycles. The largest absolute Gasteiger partial charge is 0.347 e. The zero-order valence-electron chi connectivity index (χ0n) is 14.3. The standard InChI is InChI=1S/C23H22N2/c1-3-9-20(10-4-1)18-24-15-7-13-22(24)17-23-14-8-16-25(23)19-21-11-5-2-6-12-21/h1-16H,17-19H2. The first-order valence-corrected chi connectivity index (χ1v) is 8.74. The molecular formula is C23H22N2. The molecule has 2 aromatic carbocycles. The van der Waals surface area contributed by atoms with E-state index >= 15 is 0 Å². The highest BCUT2D eigenvalue weighted by atomic mass is 15.0. The molecule has 0 bridgehead atoms. The van der Waals surface area contributed by atoms with Crippen LogP contribution in [0.3, 0.4) is 0 Å². The first kappa shape index (κ1) is 15.5. The van der Waals surface area contributed by atoms with E-state index in [1.807, 2.05) is 0 Å². The second-order valence-electron chi connectivity index (χ2n) is 6.40. The summed E-state index contributed by atoms with van der Waals surface area (Å²) in [7, 11) is 0. The van der Waals surface area contributed by atoms with Crippen molar-refractivity contribution in [2.45, 2.75) is 19.5 Å². The third-order valence-electron chi connectivity index (χ3n) is 4.60. The van der Waals surface area contributed by atoms with Gasteiger partial charge in [0.05, 0.1) is 0 Å². The summed E-state index contributed by atoms with van der Waals surface area (Å²) in [6.45, 7) is 1.84. The third kappa shape index (κ3) is 3.74. The minimum absolute atomic E-state index is 0.919. The van der Waals surface area contributed by atoms with Gasteiger partial charge in [0.2, 0.25) is 0 Å². The van der Waals surface area contributed by atoms with Crippen molar-refractivity contribution in [2.75, 3.05) is 0 Å². The Labute approximate surface area is 149 Å². The van der Waals surface area contributed by atoms with Crippen LogP contribution in [0, 0.1) is 0 Å². The average molecular weight is 326 g/mol. The molecule has 0 aliphatic carbocycles. The summed E-state index contributed by atoms with van der Waals surface area (Å²) in [5.74, 6) is 0. The number of hydrogen-bond acceptors (Lipinski definition) is 0. The quantitative estimate of drug-likeness (QED) is 0.473. The molecule has 4 aromatic rings. The predicted molar refractivity (Wildman–Crippen MR) is 103 cm³/mol. The van der Waals surface area contributed by atoms with Gasteiger partial charge < -0.3 is 9.13 Å². The Kier molecular flexibility index (Phi) is 4.51. The van der Waals surface area contributed by atoms with Gasteiger partial charge in [-0.3, -0.25) is 0 Å². The van der Waals surface area contributed by atoms with Crippen molar-refractivity contribution in [3.8, 4) is 0 Å². The number of aromatic nitrogens is 2. The topological polar surface area (TPSA) is 9.86 Å². The Bertz CT molecular complexity index is 839. The predicted octanol–water partition coefficient (Wildman–Crippen LogP) is 4.98. The first-order valence-electron chi connectivity index (χ1n) is 8.74. The maximum Gasteiger partial charge on any atom is 0.0472 e. The van der Waals surface area contributed by atoms with Crippen LogP contribution >= 0.6 is 0 Å². The summed E-state index contributed by atoms with van der Waals surface area (Å²) < 4.78 is 4.68. The summed E-state index contributed by atoms with van der Waals surface area (Å²) in [4.78, 5) is 0. The van der Waals surface area contributed by atoms with Crippen molar-refractivity contribution in [2.24, 2.45) is 0 Å². The lowest BCUT2D eigenvalue weighted by molar-refractivity contribution is 0.716. The van der Waals surface area contributed by atoms with Crippen LogP contribution in [0.15, 0.2) is 97.3 Å². The van der Waals surface area contributed by atoms with Gasteiger partial charge in [0, 0.05) is 43.3 Å². The van der Waals surface area contributed by atoms with Crippen LogP contribution in [0.4, 0.5) is 0 Å². The smallest absolute Gasteiger partial charge is 0.0472 e.